The Morgan fingerprint density at radius 1 is 1.12 bits per heavy atom. The maximum absolute atomic E-state index is 12.3. The average Bonchev–Trinajstić information content (AvgIpc) is 3.00. The Balaban J connectivity index is 1.60. The van der Waals surface area contributed by atoms with E-state index in [0.717, 1.165) is 26.2 Å². The molecule has 6 nitrogen and oxygen atoms in total. The van der Waals surface area contributed by atoms with Crippen molar-refractivity contribution in [3.8, 4) is 0 Å². The highest BCUT2D eigenvalue weighted by molar-refractivity contribution is 6.04. The van der Waals surface area contributed by atoms with E-state index in [1.54, 1.807) is 17.1 Å². The molecular formula is C18H25N5O. The molecule has 1 saturated heterocycles. The summed E-state index contributed by atoms with van der Waals surface area (Å²) < 4.78 is 1.66. The maximum atomic E-state index is 12.3. The van der Waals surface area contributed by atoms with Crippen molar-refractivity contribution in [2.45, 2.75) is 19.9 Å². The van der Waals surface area contributed by atoms with Crippen LogP contribution in [0.25, 0.3) is 0 Å². The summed E-state index contributed by atoms with van der Waals surface area (Å²) in [7, 11) is 1.82. The molecular weight excluding hydrogens is 302 g/mol. The predicted molar refractivity (Wildman–Crippen MR) is 96.5 cm³/mol. The molecule has 0 atom stereocenters. The van der Waals surface area contributed by atoms with Crippen LogP contribution in [-0.4, -0.2) is 52.8 Å². The van der Waals surface area contributed by atoms with E-state index in [9.17, 15) is 4.79 Å². The van der Waals surface area contributed by atoms with Crippen molar-refractivity contribution in [2.24, 2.45) is 7.05 Å². The van der Waals surface area contributed by atoms with Crippen LogP contribution in [0.1, 0.15) is 24.2 Å². The SMILES string of the molecule is CC(C)N1CCN(c2ccc(C(=O)Nc3cnn(C)c3)cc2)CC1. The number of piperazine rings is 1. The van der Waals surface area contributed by atoms with Gasteiger partial charge in [0.05, 0.1) is 11.9 Å². The first-order chi connectivity index (χ1) is 11.5. The van der Waals surface area contributed by atoms with E-state index in [2.05, 4.69) is 34.1 Å². The second-order valence-corrected chi connectivity index (χ2v) is 6.52. The Morgan fingerprint density at radius 3 is 2.33 bits per heavy atom. The molecule has 6 heteroatoms. The molecule has 1 amide bonds. The minimum Gasteiger partial charge on any atom is -0.369 e. The fraction of sp³-hybridized carbons (Fsp3) is 0.444. The van der Waals surface area contributed by atoms with Gasteiger partial charge in [0, 0.05) is 56.7 Å². The van der Waals surface area contributed by atoms with Gasteiger partial charge in [-0.05, 0) is 38.1 Å². The van der Waals surface area contributed by atoms with Gasteiger partial charge in [0.15, 0.2) is 0 Å². The number of aryl methyl sites for hydroxylation is 1. The van der Waals surface area contributed by atoms with Crippen molar-refractivity contribution >= 4 is 17.3 Å². The first-order valence-electron chi connectivity index (χ1n) is 8.42. The van der Waals surface area contributed by atoms with Gasteiger partial charge in [-0.1, -0.05) is 0 Å². The number of hydrogen-bond donors (Lipinski definition) is 1. The molecule has 1 aromatic carbocycles. The minimum absolute atomic E-state index is 0.112. The van der Waals surface area contributed by atoms with Gasteiger partial charge in [-0.15, -0.1) is 0 Å². The van der Waals surface area contributed by atoms with Crippen LogP contribution in [0.15, 0.2) is 36.7 Å². The molecule has 0 radical (unpaired) electrons. The zero-order valence-corrected chi connectivity index (χ0v) is 14.6. The van der Waals surface area contributed by atoms with Crippen LogP contribution in [0.3, 0.4) is 0 Å². The molecule has 1 N–H and O–H groups in total. The molecule has 1 aromatic heterocycles. The molecule has 0 unspecified atom stereocenters. The number of aromatic nitrogens is 2. The highest BCUT2D eigenvalue weighted by Crippen LogP contribution is 2.19. The maximum Gasteiger partial charge on any atom is 0.255 e. The summed E-state index contributed by atoms with van der Waals surface area (Å²) in [5.41, 5.74) is 2.54. The Labute approximate surface area is 143 Å². The molecule has 24 heavy (non-hydrogen) atoms. The lowest BCUT2D eigenvalue weighted by Crippen LogP contribution is -2.48. The Bertz CT molecular complexity index is 684. The van der Waals surface area contributed by atoms with Gasteiger partial charge in [-0.3, -0.25) is 14.4 Å². The van der Waals surface area contributed by atoms with Crippen molar-refractivity contribution in [2.75, 3.05) is 36.4 Å². The normalized spacial score (nSPS) is 15.8. The van der Waals surface area contributed by atoms with E-state index in [0.29, 0.717) is 17.3 Å². The predicted octanol–water partition coefficient (Wildman–Crippen LogP) is 2.20. The molecule has 0 spiro atoms. The Morgan fingerprint density at radius 2 is 1.79 bits per heavy atom. The molecule has 3 rings (SSSR count). The summed E-state index contributed by atoms with van der Waals surface area (Å²) in [6, 6.07) is 8.43. The summed E-state index contributed by atoms with van der Waals surface area (Å²) in [6.07, 6.45) is 3.42. The van der Waals surface area contributed by atoms with E-state index in [4.69, 9.17) is 0 Å². The van der Waals surface area contributed by atoms with Crippen LogP contribution in [-0.2, 0) is 7.05 Å². The number of benzene rings is 1. The third kappa shape index (κ3) is 3.76. The number of carbonyl (C=O) groups excluding carboxylic acids is 1. The van der Waals surface area contributed by atoms with Gasteiger partial charge in [0.1, 0.15) is 0 Å². The number of amides is 1. The van der Waals surface area contributed by atoms with Crippen LogP contribution in [0.5, 0.6) is 0 Å². The summed E-state index contributed by atoms with van der Waals surface area (Å²) in [4.78, 5) is 17.1. The molecule has 0 aliphatic carbocycles. The fourth-order valence-electron chi connectivity index (χ4n) is 3.01. The Kier molecular flexibility index (Phi) is 4.85. The van der Waals surface area contributed by atoms with Crippen molar-refractivity contribution < 1.29 is 4.79 Å². The number of nitrogens with zero attached hydrogens (tertiary/aromatic N) is 4. The average molecular weight is 327 g/mol. The number of nitrogens with one attached hydrogen (secondary N) is 1. The van der Waals surface area contributed by atoms with Crippen LogP contribution >= 0.6 is 0 Å². The van der Waals surface area contributed by atoms with E-state index in [1.165, 1.54) is 5.69 Å². The summed E-state index contributed by atoms with van der Waals surface area (Å²) in [5.74, 6) is -0.112. The molecule has 2 heterocycles. The van der Waals surface area contributed by atoms with E-state index >= 15 is 0 Å². The highest BCUT2D eigenvalue weighted by atomic mass is 16.1. The van der Waals surface area contributed by atoms with Crippen LogP contribution in [0.4, 0.5) is 11.4 Å². The van der Waals surface area contributed by atoms with Crippen LogP contribution in [0.2, 0.25) is 0 Å². The number of rotatable bonds is 4. The smallest absolute Gasteiger partial charge is 0.255 e. The lowest BCUT2D eigenvalue weighted by Gasteiger charge is -2.38. The van der Waals surface area contributed by atoms with Crippen molar-refractivity contribution in [3.05, 3.63) is 42.2 Å². The van der Waals surface area contributed by atoms with Gasteiger partial charge >= 0.3 is 0 Å². The number of hydrogen-bond acceptors (Lipinski definition) is 4. The van der Waals surface area contributed by atoms with Crippen molar-refractivity contribution in [1.82, 2.24) is 14.7 Å². The van der Waals surface area contributed by atoms with Gasteiger partial charge < -0.3 is 10.2 Å². The number of anilines is 2. The van der Waals surface area contributed by atoms with Crippen molar-refractivity contribution in [3.63, 3.8) is 0 Å². The standard InChI is InChI=1S/C18H25N5O/c1-14(2)22-8-10-23(11-9-22)17-6-4-15(5-7-17)18(24)20-16-12-19-21(3)13-16/h4-7,12-14H,8-11H2,1-3H3,(H,20,24). The molecule has 128 valence electrons. The highest BCUT2D eigenvalue weighted by Gasteiger charge is 2.19. The zero-order valence-electron chi connectivity index (χ0n) is 14.6. The summed E-state index contributed by atoms with van der Waals surface area (Å²) in [5, 5.41) is 6.90. The Hall–Kier alpha value is -2.34. The third-order valence-electron chi connectivity index (χ3n) is 4.50. The molecule has 0 saturated carbocycles. The zero-order chi connectivity index (χ0) is 17.1. The fourth-order valence-corrected chi connectivity index (χ4v) is 3.01. The third-order valence-corrected chi connectivity index (χ3v) is 4.50. The topological polar surface area (TPSA) is 53.4 Å². The first-order valence-corrected chi connectivity index (χ1v) is 8.42. The van der Waals surface area contributed by atoms with E-state index in [1.807, 2.05) is 31.3 Å². The summed E-state index contributed by atoms with van der Waals surface area (Å²) >= 11 is 0. The van der Waals surface area contributed by atoms with Gasteiger partial charge in [0.25, 0.3) is 5.91 Å². The quantitative estimate of drug-likeness (QED) is 0.935. The number of carbonyl (C=O) groups is 1. The van der Waals surface area contributed by atoms with Crippen LogP contribution in [0, 0.1) is 0 Å². The minimum atomic E-state index is -0.112. The van der Waals surface area contributed by atoms with Gasteiger partial charge in [-0.2, -0.15) is 5.10 Å². The molecule has 2 aromatic rings. The van der Waals surface area contributed by atoms with Gasteiger partial charge in [0.2, 0.25) is 0 Å². The largest absolute Gasteiger partial charge is 0.369 e. The van der Waals surface area contributed by atoms with E-state index < -0.39 is 0 Å². The monoisotopic (exact) mass is 327 g/mol. The molecule has 1 aliphatic heterocycles. The second kappa shape index (κ2) is 7.05. The molecule has 0 bridgehead atoms. The molecule has 1 aliphatic rings. The van der Waals surface area contributed by atoms with E-state index in [-0.39, 0.29) is 5.91 Å². The lowest BCUT2D eigenvalue weighted by atomic mass is 10.1. The van der Waals surface area contributed by atoms with Crippen LogP contribution < -0.4 is 10.2 Å². The van der Waals surface area contributed by atoms with Crippen molar-refractivity contribution in [1.29, 1.82) is 0 Å². The lowest BCUT2D eigenvalue weighted by molar-refractivity contribution is 0.102. The summed E-state index contributed by atoms with van der Waals surface area (Å²) in [6.45, 7) is 8.71. The molecule has 1 fully saturated rings. The second-order valence-electron chi connectivity index (χ2n) is 6.52. The van der Waals surface area contributed by atoms with Gasteiger partial charge in [-0.25, -0.2) is 0 Å². The first kappa shape index (κ1) is 16.5.